The number of Topliss-reactive ketones (excluding diaryl/α,β-unsaturated/α-hetero) is 1. The van der Waals surface area contributed by atoms with Crippen molar-refractivity contribution in [2.45, 2.75) is 65.7 Å². The lowest BCUT2D eigenvalue weighted by molar-refractivity contribution is 0.0974. The molecule has 1 aliphatic heterocycles. The maximum Gasteiger partial charge on any atom is 0.162 e. The fraction of sp³-hybridized carbons (Fsp3) is 0.382. The van der Waals surface area contributed by atoms with Gasteiger partial charge in [0.25, 0.3) is 0 Å². The fourth-order valence-electron chi connectivity index (χ4n) is 4.84. The highest BCUT2D eigenvalue weighted by Crippen LogP contribution is 2.32. The zero-order valence-corrected chi connectivity index (χ0v) is 22.9. The average Bonchev–Trinajstić information content (AvgIpc) is 2.92. The number of carbonyl (C=O) groups is 1. The number of hydrogen-bond donors (Lipinski definition) is 0. The zero-order valence-electron chi connectivity index (χ0n) is 22.9. The van der Waals surface area contributed by atoms with Crippen LogP contribution in [0.5, 0.6) is 0 Å². The quantitative estimate of drug-likeness (QED) is 0.315. The highest BCUT2D eigenvalue weighted by atomic mass is 16.1. The van der Waals surface area contributed by atoms with E-state index in [2.05, 4.69) is 98.5 Å². The largest absolute Gasteiger partial charge is 0.303 e. The first-order valence-electron chi connectivity index (χ1n) is 13.6. The predicted octanol–water partition coefficient (Wildman–Crippen LogP) is 8.57. The molecule has 0 radical (unpaired) electrons. The molecule has 3 aromatic carbocycles. The van der Waals surface area contributed by atoms with E-state index in [0.29, 0.717) is 6.42 Å². The molecule has 0 aromatic heterocycles. The maximum absolute atomic E-state index is 12.7. The van der Waals surface area contributed by atoms with Gasteiger partial charge in [-0.05, 0) is 53.5 Å². The van der Waals surface area contributed by atoms with Crippen LogP contribution in [0.2, 0.25) is 0 Å². The van der Waals surface area contributed by atoms with Crippen LogP contribution >= 0.6 is 0 Å². The van der Waals surface area contributed by atoms with Crippen LogP contribution in [0.15, 0.2) is 90.5 Å². The fourth-order valence-corrected chi connectivity index (χ4v) is 4.84. The van der Waals surface area contributed by atoms with E-state index in [1.165, 1.54) is 22.3 Å². The molecular weight excluding hydrogens is 438 g/mol. The van der Waals surface area contributed by atoms with Crippen LogP contribution in [0.4, 0.5) is 0 Å². The van der Waals surface area contributed by atoms with Gasteiger partial charge in [-0.3, -0.25) is 4.79 Å². The van der Waals surface area contributed by atoms with Crippen LogP contribution in [0, 0.1) is 0 Å². The Morgan fingerprint density at radius 2 is 1.22 bits per heavy atom. The Kier molecular flexibility index (Phi) is 10.3. The molecule has 0 saturated carbocycles. The summed E-state index contributed by atoms with van der Waals surface area (Å²) in [5, 5.41) is 0. The number of likely N-dealkylation sites (tertiary alicyclic amines) is 1. The third kappa shape index (κ3) is 7.51. The zero-order chi connectivity index (χ0) is 26.0. The van der Waals surface area contributed by atoms with Gasteiger partial charge in [0.2, 0.25) is 0 Å². The summed E-state index contributed by atoms with van der Waals surface area (Å²) >= 11 is 0. The predicted molar refractivity (Wildman–Crippen MR) is 155 cm³/mol. The summed E-state index contributed by atoms with van der Waals surface area (Å²) in [6.07, 6.45) is 3.71. The molecular formula is C34H43NO. The lowest BCUT2D eigenvalue weighted by atomic mass is 9.86. The number of benzene rings is 3. The van der Waals surface area contributed by atoms with E-state index in [9.17, 15) is 4.79 Å². The molecule has 1 heterocycles. The second-order valence-corrected chi connectivity index (χ2v) is 10.4. The summed E-state index contributed by atoms with van der Waals surface area (Å²) in [5.41, 5.74) is 7.78. The minimum atomic E-state index is 0.115. The Morgan fingerprint density at radius 1 is 0.722 bits per heavy atom. The van der Waals surface area contributed by atoms with E-state index < -0.39 is 0 Å². The molecule has 0 atom stereocenters. The van der Waals surface area contributed by atoms with Crippen molar-refractivity contribution in [3.05, 3.63) is 113 Å². The monoisotopic (exact) mass is 481 g/mol. The van der Waals surface area contributed by atoms with Crippen molar-refractivity contribution in [2.75, 3.05) is 19.6 Å². The van der Waals surface area contributed by atoms with E-state index >= 15 is 0 Å². The summed E-state index contributed by atoms with van der Waals surface area (Å²) in [6, 6.07) is 29.8. The molecule has 2 nitrogen and oxygen atoms in total. The van der Waals surface area contributed by atoms with Crippen molar-refractivity contribution in [3.63, 3.8) is 0 Å². The smallest absolute Gasteiger partial charge is 0.162 e. The van der Waals surface area contributed by atoms with Gasteiger partial charge in [0.05, 0.1) is 0 Å². The van der Waals surface area contributed by atoms with E-state index in [1.807, 2.05) is 26.0 Å². The van der Waals surface area contributed by atoms with Crippen LogP contribution < -0.4 is 0 Å². The minimum absolute atomic E-state index is 0.115. The molecule has 1 fully saturated rings. The molecule has 1 saturated heterocycles. The molecule has 1 aliphatic rings. The van der Waals surface area contributed by atoms with Crippen molar-refractivity contribution in [3.8, 4) is 0 Å². The summed E-state index contributed by atoms with van der Waals surface area (Å²) in [4.78, 5) is 15.2. The van der Waals surface area contributed by atoms with Crippen molar-refractivity contribution in [1.29, 1.82) is 0 Å². The SMILES string of the molecule is CC.CC(C)(C)c1ccc(C(=O)CCCN2CCC(=C(c3ccccc3)c3ccccc3)CC2)cc1. The molecule has 0 N–H and O–H groups in total. The topological polar surface area (TPSA) is 20.3 Å². The number of nitrogens with zero attached hydrogens (tertiary/aromatic N) is 1. The number of ketones is 1. The van der Waals surface area contributed by atoms with Gasteiger partial charge in [-0.2, -0.15) is 0 Å². The number of piperidine rings is 1. The Hall–Kier alpha value is -2.97. The van der Waals surface area contributed by atoms with Crippen molar-refractivity contribution in [2.24, 2.45) is 0 Å². The molecule has 4 rings (SSSR count). The van der Waals surface area contributed by atoms with Crippen LogP contribution in [-0.4, -0.2) is 30.3 Å². The Labute approximate surface area is 219 Å². The molecule has 0 bridgehead atoms. The van der Waals surface area contributed by atoms with Gasteiger partial charge in [0.15, 0.2) is 5.78 Å². The first-order valence-corrected chi connectivity index (χ1v) is 13.6. The average molecular weight is 482 g/mol. The molecule has 0 amide bonds. The van der Waals surface area contributed by atoms with E-state index in [4.69, 9.17) is 0 Å². The van der Waals surface area contributed by atoms with Gasteiger partial charge >= 0.3 is 0 Å². The van der Waals surface area contributed by atoms with Gasteiger partial charge in [0.1, 0.15) is 0 Å². The Balaban J connectivity index is 0.00000176. The highest BCUT2D eigenvalue weighted by Gasteiger charge is 2.19. The molecule has 0 unspecified atom stereocenters. The number of rotatable bonds is 7. The highest BCUT2D eigenvalue weighted by molar-refractivity contribution is 5.96. The molecule has 0 aliphatic carbocycles. The molecule has 0 spiro atoms. The van der Waals surface area contributed by atoms with Gasteiger partial charge in [-0.1, -0.05) is 125 Å². The molecule has 190 valence electrons. The van der Waals surface area contributed by atoms with Gasteiger partial charge in [0, 0.05) is 25.1 Å². The third-order valence-corrected chi connectivity index (χ3v) is 6.89. The van der Waals surface area contributed by atoms with Crippen molar-refractivity contribution >= 4 is 11.4 Å². The second kappa shape index (κ2) is 13.4. The second-order valence-electron chi connectivity index (χ2n) is 10.4. The van der Waals surface area contributed by atoms with Gasteiger partial charge in [-0.15, -0.1) is 0 Å². The minimum Gasteiger partial charge on any atom is -0.303 e. The summed E-state index contributed by atoms with van der Waals surface area (Å²) in [7, 11) is 0. The number of hydrogen-bond acceptors (Lipinski definition) is 2. The summed E-state index contributed by atoms with van der Waals surface area (Å²) in [6.45, 7) is 13.7. The Morgan fingerprint density at radius 3 is 1.69 bits per heavy atom. The third-order valence-electron chi connectivity index (χ3n) is 6.89. The molecule has 36 heavy (non-hydrogen) atoms. The van der Waals surface area contributed by atoms with Crippen LogP contribution in [0.1, 0.15) is 87.4 Å². The van der Waals surface area contributed by atoms with E-state index in [1.54, 1.807) is 5.57 Å². The maximum atomic E-state index is 12.7. The van der Waals surface area contributed by atoms with Crippen LogP contribution in [0.3, 0.4) is 0 Å². The van der Waals surface area contributed by atoms with Gasteiger partial charge in [-0.25, -0.2) is 0 Å². The molecule has 2 heteroatoms. The normalized spacial score (nSPS) is 14.1. The van der Waals surface area contributed by atoms with E-state index in [0.717, 1.165) is 44.5 Å². The van der Waals surface area contributed by atoms with Gasteiger partial charge < -0.3 is 4.90 Å². The first kappa shape index (κ1) is 27.6. The first-order chi connectivity index (χ1) is 17.4. The van der Waals surface area contributed by atoms with Crippen LogP contribution in [0.25, 0.3) is 5.57 Å². The van der Waals surface area contributed by atoms with Crippen molar-refractivity contribution in [1.82, 2.24) is 4.90 Å². The number of carbonyl (C=O) groups excluding carboxylic acids is 1. The summed E-state index contributed by atoms with van der Waals surface area (Å²) in [5.74, 6) is 0.258. The lowest BCUT2D eigenvalue weighted by Gasteiger charge is -2.30. The Bertz CT molecular complexity index is 1050. The van der Waals surface area contributed by atoms with E-state index in [-0.39, 0.29) is 11.2 Å². The standard InChI is InChI=1S/C32H37NO.C2H6/c1-32(2,3)29-18-16-25(17-19-29)30(34)15-10-22-33-23-20-28(21-24-33)31(26-11-6-4-7-12-26)27-13-8-5-9-14-27;1-2/h4-9,11-14,16-19H,10,15,20-24H2,1-3H3;1-2H3. The van der Waals surface area contributed by atoms with Crippen LogP contribution in [-0.2, 0) is 5.41 Å². The molecule has 3 aromatic rings. The summed E-state index contributed by atoms with van der Waals surface area (Å²) < 4.78 is 0. The lowest BCUT2D eigenvalue weighted by Crippen LogP contribution is -2.32. The van der Waals surface area contributed by atoms with Crippen molar-refractivity contribution < 1.29 is 4.79 Å².